The molecular weight excluding hydrogens is 148 g/mol. The monoisotopic (exact) mass is 162 g/mol. The molecule has 0 unspecified atom stereocenters. The van der Waals surface area contributed by atoms with Crippen LogP contribution in [-0.4, -0.2) is 34.5 Å². The quantitative estimate of drug-likeness (QED) is 0.546. The Hall–Kier alpha value is -0.610. The summed E-state index contributed by atoms with van der Waals surface area (Å²) in [6, 6.07) is 0. The lowest BCUT2D eigenvalue weighted by Gasteiger charge is -2.20. The summed E-state index contributed by atoms with van der Waals surface area (Å²) in [6.45, 7) is 4.47. The zero-order valence-corrected chi connectivity index (χ0v) is 7.00. The highest BCUT2D eigenvalue weighted by Gasteiger charge is 2.21. The molecule has 11 heavy (non-hydrogen) atoms. The Balaban J connectivity index is 3.88. The van der Waals surface area contributed by atoms with E-state index in [0.29, 0.717) is 0 Å². The fourth-order valence-corrected chi connectivity index (χ4v) is 0.444. The smallest absolute Gasteiger partial charge is 0.337 e. The van der Waals surface area contributed by atoms with Gasteiger partial charge in [-0.1, -0.05) is 0 Å². The maximum absolute atomic E-state index is 10.8. The summed E-state index contributed by atoms with van der Waals surface area (Å²) < 4.78 is 4.74. The van der Waals surface area contributed by atoms with Gasteiger partial charge in [-0.2, -0.15) is 0 Å². The van der Waals surface area contributed by atoms with Crippen LogP contribution in [0.15, 0.2) is 0 Å². The lowest BCUT2D eigenvalue weighted by atomic mass is 10.2. The van der Waals surface area contributed by atoms with Gasteiger partial charge in [0.15, 0.2) is 6.10 Å². The SMILES string of the molecule is CC(C)(C)OC(=O)[C@H](O)CO. The molecule has 0 fully saturated rings. The van der Waals surface area contributed by atoms with Gasteiger partial charge in [0.2, 0.25) is 0 Å². The van der Waals surface area contributed by atoms with Crippen molar-refractivity contribution in [2.45, 2.75) is 32.5 Å². The van der Waals surface area contributed by atoms with E-state index in [1.54, 1.807) is 20.8 Å². The third-order valence-corrected chi connectivity index (χ3v) is 0.852. The maximum atomic E-state index is 10.8. The van der Waals surface area contributed by atoms with Crippen LogP contribution in [0.1, 0.15) is 20.8 Å². The molecule has 0 amide bonds. The third-order valence-electron chi connectivity index (χ3n) is 0.852. The average Bonchev–Trinajstić information content (AvgIpc) is 1.82. The molecule has 2 N–H and O–H groups in total. The molecule has 0 aromatic rings. The number of hydrogen-bond acceptors (Lipinski definition) is 4. The summed E-state index contributed by atoms with van der Waals surface area (Å²) in [4.78, 5) is 10.8. The number of carbonyl (C=O) groups excluding carboxylic acids is 1. The molecule has 4 heteroatoms. The van der Waals surface area contributed by atoms with Crippen molar-refractivity contribution >= 4 is 5.97 Å². The van der Waals surface area contributed by atoms with Crippen LogP contribution in [0.2, 0.25) is 0 Å². The van der Waals surface area contributed by atoms with Gasteiger partial charge in [-0.15, -0.1) is 0 Å². The highest BCUT2D eigenvalue weighted by atomic mass is 16.6. The van der Waals surface area contributed by atoms with Crippen LogP contribution >= 0.6 is 0 Å². The van der Waals surface area contributed by atoms with Gasteiger partial charge in [0.1, 0.15) is 5.60 Å². The van der Waals surface area contributed by atoms with Crippen LogP contribution < -0.4 is 0 Å². The Bertz CT molecular complexity index is 136. The van der Waals surface area contributed by atoms with Crippen molar-refractivity contribution in [1.82, 2.24) is 0 Å². The molecule has 0 aliphatic heterocycles. The molecule has 0 heterocycles. The number of rotatable bonds is 2. The number of esters is 1. The van der Waals surface area contributed by atoms with Gasteiger partial charge in [0.25, 0.3) is 0 Å². The topological polar surface area (TPSA) is 66.8 Å². The van der Waals surface area contributed by atoms with Crippen molar-refractivity contribution in [2.24, 2.45) is 0 Å². The first-order chi connectivity index (χ1) is 4.87. The molecular formula is C7H14O4. The van der Waals surface area contributed by atoms with Crippen molar-refractivity contribution in [1.29, 1.82) is 0 Å². The van der Waals surface area contributed by atoms with Crippen molar-refractivity contribution in [3.05, 3.63) is 0 Å². The van der Waals surface area contributed by atoms with Crippen LogP contribution in [-0.2, 0) is 9.53 Å². The van der Waals surface area contributed by atoms with Gasteiger partial charge in [-0.25, -0.2) is 4.79 Å². The van der Waals surface area contributed by atoms with Crippen LogP contribution in [0, 0.1) is 0 Å². The Kier molecular flexibility index (Phi) is 3.48. The molecule has 1 atom stereocenters. The van der Waals surface area contributed by atoms with E-state index in [2.05, 4.69) is 0 Å². The molecule has 0 saturated carbocycles. The minimum absolute atomic E-state index is 0.602. The van der Waals surface area contributed by atoms with E-state index in [4.69, 9.17) is 14.9 Å². The fourth-order valence-electron chi connectivity index (χ4n) is 0.444. The largest absolute Gasteiger partial charge is 0.458 e. The molecule has 0 aromatic carbocycles. The summed E-state index contributed by atoms with van der Waals surface area (Å²) in [5.41, 5.74) is -0.618. The predicted molar refractivity (Wildman–Crippen MR) is 38.9 cm³/mol. The molecule has 66 valence electrons. The highest BCUT2D eigenvalue weighted by molar-refractivity contribution is 5.74. The lowest BCUT2D eigenvalue weighted by molar-refractivity contribution is -0.166. The summed E-state index contributed by atoms with van der Waals surface area (Å²) >= 11 is 0. The molecule has 0 aliphatic rings. The normalized spacial score (nSPS) is 14.3. The lowest BCUT2D eigenvalue weighted by Crippen LogP contribution is -2.33. The fraction of sp³-hybridized carbons (Fsp3) is 0.857. The molecule has 4 nitrogen and oxygen atoms in total. The summed E-state index contributed by atoms with van der Waals surface area (Å²) in [5.74, 6) is -0.792. The molecule has 0 spiro atoms. The third kappa shape index (κ3) is 4.75. The number of aliphatic hydroxyl groups excluding tert-OH is 2. The van der Waals surface area contributed by atoms with E-state index in [1.807, 2.05) is 0 Å². The molecule has 0 aliphatic carbocycles. The zero-order chi connectivity index (χ0) is 9.07. The number of carbonyl (C=O) groups is 1. The van der Waals surface area contributed by atoms with E-state index in [1.165, 1.54) is 0 Å². The van der Waals surface area contributed by atoms with Gasteiger partial charge in [0, 0.05) is 0 Å². The van der Waals surface area contributed by atoms with Crippen LogP contribution in [0.3, 0.4) is 0 Å². The van der Waals surface area contributed by atoms with Gasteiger partial charge < -0.3 is 14.9 Å². The van der Waals surface area contributed by atoms with Crippen LogP contribution in [0.4, 0.5) is 0 Å². The van der Waals surface area contributed by atoms with E-state index < -0.39 is 24.3 Å². The Morgan fingerprint density at radius 3 is 2.27 bits per heavy atom. The van der Waals surface area contributed by atoms with Crippen molar-refractivity contribution in [3.63, 3.8) is 0 Å². The molecule has 0 aromatic heterocycles. The number of aliphatic hydroxyl groups is 2. The maximum Gasteiger partial charge on any atom is 0.337 e. The Morgan fingerprint density at radius 1 is 1.55 bits per heavy atom. The standard InChI is InChI=1S/C7H14O4/c1-7(2,3)11-6(10)5(9)4-8/h5,8-9H,4H2,1-3H3/t5-/m1/s1. The van der Waals surface area contributed by atoms with E-state index in [-0.39, 0.29) is 0 Å². The number of ether oxygens (including phenoxy) is 1. The van der Waals surface area contributed by atoms with Crippen molar-refractivity contribution in [3.8, 4) is 0 Å². The molecule has 0 rings (SSSR count). The second-order valence-electron chi connectivity index (χ2n) is 3.23. The van der Waals surface area contributed by atoms with E-state index in [0.717, 1.165) is 0 Å². The van der Waals surface area contributed by atoms with Crippen LogP contribution in [0.25, 0.3) is 0 Å². The first-order valence-corrected chi connectivity index (χ1v) is 3.38. The second-order valence-corrected chi connectivity index (χ2v) is 3.23. The average molecular weight is 162 g/mol. The number of hydrogen-bond donors (Lipinski definition) is 2. The Labute approximate surface area is 65.8 Å². The predicted octanol–water partition coefficient (Wildman–Crippen LogP) is -0.319. The van der Waals surface area contributed by atoms with Gasteiger partial charge in [-0.3, -0.25) is 0 Å². The highest BCUT2D eigenvalue weighted by Crippen LogP contribution is 2.07. The molecule has 0 bridgehead atoms. The Morgan fingerprint density at radius 2 is 2.00 bits per heavy atom. The summed E-state index contributed by atoms with van der Waals surface area (Å²) in [5, 5.41) is 17.1. The molecule has 0 saturated heterocycles. The van der Waals surface area contributed by atoms with Crippen molar-refractivity contribution in [2.75, 3.05) is 6.61 Å². The summed E-state index contributed by atoms with van der Waals surface area (Å²) in [6.07, 6.45) is -1.42. The second kappa shape index (κ2) is 3.69. The first-order valence-electron chi connectivity index (χ1n) is 3.38. The van der Waals surface area contributed by atoms with Gasteiger partial charge >= 0.3 is 5.97 Å². The van der Waals surface area contributed by atoms with Gasteiger partial charge in [-0.05, 0) is 20.8 Å². The minimum Gasteiger partial charge on any atom is -0.458 e. The molecule has 0 radical (unpaired) electrons. The zero-order valence-electron chi connectivity index (χ0n) is 7.00. The first kappa shape index (κ1) is 10.4. The van der Waals surface area contributed by atoms with E-state index >= 15 is 0 Å². The van der Waals surface area contributed by atoms with Crippen molar-refractivity contribution < 1.29 is 19.7 Å². The minimum atomic E-state index is -1.42. The van der Waals surface area contributed by atoms with Crippen LogP contribution in [0.5, 0.6) is 0 Å². The summed E-state index contributed by atoms with van der Waals surface area (Å²) in [7, 11) is 0. The van der Waals surface area contributed by atoms with Gasteiger partial charge in [0.05, 0.1) is 6.61 Å². The van der Waals surface area contributed by atoms with E-state index in [9.17, 15) is 4.79 Å².